The minimum atomic E-state index is -0.137. The molecule has 0 amide bonds. The lowest BCUT2D eigenvalue weighted by Gasteiger charge is -2.25. The van der Waals surface area contributed by atoms with Gasteiger partial charge in [-0.15, -0.1) is 13.2 Å². The normalized spacial score (nSPS) is 14.3. The Balaban J connectivity index is 4.64. The van der Waals surface area contributed by atoms with Crippen molar-refractivity contribution in [1.82, 2.24) is 0 Å². The average Bonchev–Trinajstić information content (AvgIpc) is 2.22. The summed E-state index contributed by atoms with van der Waals surface area (Å²) in [6, 6.07) is 0. The fraction of sp³-hybridized carbons (Fsp3) is 0.643. The third kappa shape index (κ3) is 4.65. The lowest BCUT2D eigenvalue weighted by atomic mass is 9.80. The Bertz CT molecular complexity index is 253. The van der Waals surface area contributed by atoms with Crippen molar-refractivity contribution in [3.8, 4) is 0 Å². The SMILES string of the molecule is C=C[C@@H](CCC(=C)C)[C@H](C(=O)OC)C(C)C. The maximum atomic E-state index is 11.7. The maximum absolute atomic E-state index is 11.7. The summed E-state index contributed by atoms with van der Waals surface area (Å²) in [6.07, 6.45) is 3.71. The van der Waals surface area contributed by atoms with Gasteiger partial charge >= 0.3 is 5.97 Å². The van der Waals surface area contributed by atoms with Crippen molar-refractivity contribution < 1.29 is 9.53 Å². The van der Waals surface area contributed by atoms with E-state index in [9.17, 15) is 4.79 Å². The first-order valence-electron chi connectivity index (χ1n) is 5.78. The average molecular weight is 224 g/mol. The molecule has 0 aliphatic carbocycles. The molecule has 0 aliphatic rings. The third-order valence-electron chi connectivity index (χ3n) is 2.86. The van der Waals surface area contributed by atoms with E-state index in [0.717, 1.165) is 18.4 Å². The molecule has 0 N–H and O–H groups in total. The molecule has 0 bridgehead atoms. The highest BCUT2D eigenvalue weighted by molar-refractivity contribution is 5.73. The van der Waals surface area contributed by atoms with Gasteiger partial charge in [-0.05, 0) is 31.6 Å². The summed E-state index contributed by atoms with van der Waals surface area (Å²) >= 11 is 0. The van der Waals surface area contributed by atoms with Gasteiger partial charge in [-0.1, -0.05) is 25.5 Å². The maximum Gasteiger partial charge on any atom is 0.309 e. The summed E-state index contributed by atoms with van der Waals surface area (Å²) in [6.45, 7) is 13.8. The zero-order valence-corrected chi connectivity index (χ0v) is 11.0. The van der Waals surface area contributed by atoms with E-state index in [1.165, 1.54) is 7.11 Å². The van der Waals surface area contributed by atoms with Gasteiger partial charge in [0.05, 0.1) is 13.0 Å². The highest BCUT2D eigenvalue weighted by Crippen LogP contribution is 2.28. The molecular formula is C14H24O2. The van der Waals surface area contributed by atoms with Gasteiger partial charge in [-0.25, -0.2) is 0 Å². The van der Waals surface area contributed by atoms with E-state index in [0.29, 0.717) is 0 Å². The quantitative estimate of drug-likeness (QED) is 0.488. The van der Waals surface area contributed by atoms with Crippen molar-refractivity contribution in [2.75, 3.05) is 7.11 Å². The monoisotopic (exact) mass is 224 g/mol. The molecule has 0 fully saturated rings. The highest BCUT2D eigenvalue weighted by atomic mass is 16.5. The van der Waals surface area contributed by atoms with Crippen LogP contribution in [-0.2, 0) is 9.53 Å². The van der Waals surface area contributed by atoms with Gasteiger partial charge in [0.2, 0.25) is 0 Å². The Morgan fingerprint density at radius 1 is 1.44 bits per heavy atom. The number of carbonyl (C=O) groups is 1. The Morgan fingerprint density at radius 3 is 2.31 bits per heavy atom. The molecular weight excluding hydrogens is 200 g/mol. The Labute approximate surface area is 99.4 Å². The second-order valence-electron chi connectivity index (χ2n) is 4.69. The van der Waals surface area contributed by atoms with Gasteiger partial charge in [-0.2, -0.15) is 0 Å². The lowest BCUT2D eigenvalue weighted by molar-refractivity contribution is -0.148. The number of ether oxygens (including phenoxy) is 1. The molecule has 2 nitrogen and oxygen atoms in total. The van der Waals surface area contributed by atoms with E-state index < -0.39 is 0 Å². The van der Waals surface area contributed by atoms with Crippen LogP contribution in [0.2, 0.25) is 0 Å². The van der Waals surface area contributed by atoms with E-state index in [4.69, 9.17) is 4.74 Å². The number of hydrogen-bond donors (Lipinski definition) is 0. The van der Waals surface area contributed by atoms with Crippen LogP contribution in [0.1, 0.15) is 33.6 Å². The summed E-state index contributed by atoms with van der Waals surface area (Å²) in [5, 5.41) is 0. The predicted octanol–water partition coefficient (Wildman–Crippen LogP) is 3.59. The lowest BCUT2D eigenvalue weighted by Crippen LogP contribution is -2.28. The fourth-order valence-corrected chi connectivity index (χ4v) is 1.93. The van der Waals surface area contributed by atoms with Crippen LogP contribution < -0.4 is 0 Å². The van der Waals surface area contributed by atoms with Crippen molar-refractivity contribution in [1.29, 1.82) is 0 Å². The Kier molecular flexibility index (Phi) is 6.78. The largest absolute Gasteiger partial charge is 0.469 e. The van der Waals surface area contributed by atoms with Crippen molar-refractivity contribution >= 4 is 5.97 Å². The molecule has 0 saturated carbocycles. The summed E-state index contributed by atoms with van der Waals surface area (Å²) < 4.78 is 4.85. The molecule has 0 radical (unpaired) electrons. The van der Waals surface area contributed by atoms with E-state index in [-0.39, 0.29) is 23.7 Å². The first-order valence-corrected chi connectivity index (χ1v) is 5.78. The summed E-state index contributed by atoms with van der Waals surface area (Å²) in [5.41, 5.74) is 1.14. The van der Waals surface area contributed by atoms with Crippen LogP contribution in [0.4, 0.5) is 0 Å². The molecule has 0 saturated heterocycles. The topological polar surface area (TPSA) is 26.3 Å². The van der Waals surface area contributed by atoms with E-state index in [1.54, 1.807) is 0 Å². The second kappa shape index (κ2) is 7.26. The second-order valence-corrected chi connectivity index (χ2v) is 4.69. The van der Waals surface area contributed by atoms with Crippen LogP contribution in [-0.4, -0.2) is 13.1 Å². The number of methoxy groups -OCH3 is 1. The number of esters is 1. The molecule has 2 atom stereocenters. The Morgan fingerprint density at radius 2 is 2.00 bits per heavy atom. The van der Waals surface area contributed by atoms with E-state index >= 15 is 0 Å². The first-order chi connectivity index (χ1) is 7.43. The van der Waals surface area contributed by atoms with Crippen molar-refractivity contribution in [3.63, 3.8) is 0 Å². The third-order valence-corrected chi connectivity index (χ3v) is 2.86. The van der Waals surface area contributed by atoms with Crippen molar-refractivity contribution in [2.24, 2.45) is 17.8 Å². The van der Waals surface area contributed by atoms with Gasteiger partial charge in [0, 0.05) is 0 Å². The summed E-state index contributed by atoms with van der Waals surface area (Å²) in [5.74, 6) is 0.202. The molecule has 0 heterocycles. The number of allylic oxidation sites excluding steroid dienone is 2. The molecule has 0 aromatic rings. The zero-order valence-electron chi connectivity index (χ0n) is 11.0. The molecule has 2 heteroatoms. The van der Waals surface area contributed by atoms with Gasteiger partial charge in [0.15, 0.2) is 0 Å². The zero-order chi connectivity index (χ0) is 12.7. The smallest absolute Gasteiger partial charge is 0.309 e. The molecule has 16 heavy (non-hydrogen) atoms. The predicted molar refractivity (Wildman–Crippen MR) is 68.1 cm³/mol. The minimum Gasteiger partial charge on any atom is -0.469 e. The highest BCUT2D eigenvalue weighted by Gasteiger charge is 2.29. The van der Waals surface area contributed by atoms with Crippen LogP contribution in [0.25, 0.3) is 0 Å². The van der Waals surface area contributed by atoms with Crippen molar-refractivity contribution in [2.45, 2.75) is 33.6 Å². The molecule has 0 aromatic carbocycles. The van der Waals surface area contributed by atoms with E-state index in [2.05, 4.69) is 13.2 Å². The first kappa shape index (κ1) is 14.9. The van der Waals surface area contributed by atoms with Gasteiger partial charge in [0.1, 0.15) is 0 Å². The fourth-order valence-electron chi connectivity index (χ4n) is 1.93. The molecule has 0 spiro atoms. The van der Waals surface area contributed by atoms with Crippen LogP contribution >= 0.6 is 0 Å². The molecule has 92 valence electrons. The molecule has 0 aromatic heterocycles. The van der Waals surface area contributed by atoms with E-state index in [1.807, 2.05) is 26.8 Å². The molecule has 0 unspecified atom stereocenters. The van der Waals surface area contributed by atoms with Gasteiger partial charge < -0.3 is 4.74 Å². The standard InChI is InChI=1S/C14H24O2/c1-7-12(9-8-10(2)3)13(11(4)5)14(15)16-6/h7,11-13H,1-2,8-9H2,3-6H3/t12-,13+/m0/s1. The number of carbonyl (C=O) groups excluding carboxylic acids is 1. The number of hydrogen-bond acceptors (Lipinski definition) is 2. The van der Waals surface area contributed by atoms with Gasteiger partial charge in [-0.3, -0.25) is 4.79 Å². The van der Waals surface area contributed by atoms with Crippen LogP contribution in [0.15, 0.2) is 24.8 Å². The summed E-state index contributed by atoms with van der Waals surface area (Å²) in [4.78, 5) is 11.7. The molecule has 0 rings (SSSR count). The van der Waals surface area contributed by atoms with Crippen molar-refractivity contribution in [3.05, 3.63) is 24.8 Å². The number of rotatable bonds is 7. The summed E-state index contributed by atoms with van der Waals surface area (Å²) in [7, 11) is 1.44. The Hall–Kier alpha value is -1.05. The van der Waals surface area contributed by atoms with Crippen LogP contribution in [0.3, 0.4) is 0 Å². The van der Waals surface area contributed by atoms with Crippen LogP contribution in [0.5, 0.6) is 0 Å². The van der Waals surface area contributed by atoms with Crippen LogP contribution in [0, 0.1) is 17.8 Å². The molecule has 0 aliphatic heterocycles. The minimum absolute atomic E-state index is 0.0955. The van der Waals surface area contributed by atoms with Gasteiger partial charge in [0.25, 0.3) is 0 Å².